The smallest absolute Gasteiger partial charge is 0.229 e. The van der Waals surface area contributed by atoms with Crippen LogP contribution in [0.1, 0.15) is 6.42 Å². The number of hydrogen-bond acceptors (Lipinski definition) is 4. The SMILES string of the molecule is C=C(CN=C=O)C1CCS(=O)(=O)C1. The lowest BCUT2D eigenvalue weighted by Gasteiger charge is -2.07. The Morgan fingerprint density at radius 2 is 2.31 bits per heavy atom. The molecule has 13 heavy (non-hydrogen) atoms. The molecule has 1 fully saturated rings. The van der Waals surface area contributed by atoms with E-state index in [0.717, 1.165) is 0 Å². The molecule has 0 aromatic carbocycles. The van der Waals surface area contributed by atoms with E-state index in [1.807, 2.05) is 0 Å². The average molecular weight is 201 g/mol. The normalized spacial score (nSPS) is 25.1. The van der Waals surface area contributed by atoms with Gasteiger partial charge in [0.25, 0.3) is 0 Å². The van der Waals surface area contributed by atoms with Crippen LogP contribution < -0.4 is 0 Å². The average Bonchev–Trinajstić information content (AvgIpc) is 2.42. The summed E-state index contributed by atoms with van der Waals surface area (Å²) in [5, 5.41) is 0. The number of aliphatic imine (C=N–C) groups is 1. The zero-order valence-electron chi connectivity index (χ0n) is 7.19. The predicted molar refractivity (Wildman–Crippen MR) is 48.9 cm³/mol. The van der Waals surface area contributed by atoms with Crippen LogP contribution in [0.15, 0.2) is 17.1 Å². The second kappa shape index (κ2) is 3.85. The van der Waals surface area contributed by atoms with Crippen molar-refractivity contribution in [2.24, 2.45) is 10.9 Å². The molecule has 1 heterocycles. The fourth-order valence-corrected chi connectivity index (χ4v) is 3.21. The minimum Gasteiger partial charge on any atom is -0.229 e. The van der Waals surface area contributed by atoms with Crippen LogP contribution in [0.25, 0.3) is 0 Å². The third kappa shape index (κ3) is 2.79. The van der Waals surface area contributed by atoms with Crippen molar-refractivity contribution in [1.29, 1.82) is 0 Å². The van der Waals surface area contributed by atoms with Crippen LogP contribution in [0.5, 0.6) is 0 Å². The molecule has 4 nitrogen and oxygen atoms in total. The lowest BCUT2D eigenvalue weighted by molar-refractivity contribution is 0.562. The molecule has 0 amide bonds. The van der Waals surface area contributed by atoms with Gasteiger partial charge >= 0.3 is 0 Å². The fraction of sp³-hybridized carbons (Fsp3) is 0.625. The van der Waals surface area contributed by atoms with Gasteiger partial charge in [-0.3, -0.25) is 0 Å². The largest absolute Gasteiger partial charge is 0.235 e. The van der Waals surface area contributed by atoms with Crippen molar-refractivity contribution in [2.45, 2.75) is 6.42 Å². The zero-order chi connectivity index (χ0) is 9.90. The van der Waals surface area contributed by atoms with Crippen molar-refractivity contribution in [3.05, 3.63) is 12.2 Å². The molecular formula is C8H11NO3S. The number of nitrogens with zero attached hydrogens (tertiary/aromatic N) is 1. The molecular weight excluding hydrogens is 190 g/mol. The Balaban J connectivity index is 2.56. The van der Waals surface area contributed by atoms with Crippen LogP contribution >= 0.6 is 0 Å². The zero-order valence-corrected chi connectivity index (χ0v) is 8.01. The summed E-state index contributed by atoms with van der Waals surface area (Å²) in [7, 11) is -2.87. The van der Waals surface area contributed by atoms with E-state index < -0.39 is 9.84 Å². The van der Waals surface area contributed by atoms with Crippen LogP contribution in [0.4, 0.5) is 0 Å². The molecule has 0 aromatic heterocycles. The third-order valence-corrected chi connectivity index (χ3v) is 3.92. The Bertz CT molecular complexity index is 352. The summed E-state index contributed by atoms with van der Waals surface area (Å²) >= 11 is 0. The summed E-state index contributed by atoms with van der Waals surface area (Å²) in [4.78, 5) is 13.2. The predicted octanol–water partition coefficient (Wildman–Crippen LogP) is 0.313. The van der Waals surface area contributed by atoms with Crippen molar-refractivity contribution in [3.8, 4) is 0 Å². The van der Waals surface area contributed by atoms with E-state index in [2.05, 4.69) is 11.6 Å². The molecule has 1 rings (SSSR count). The molecule has 1 unspecified atom stereocenters. The minimum absolute atomic E-state index is 0.0258. The van der Waals surface area contributed by atoms with E-state index in [0.29, 0.717) is 12.0 Å². The van der Waals surface area contributed by atoms with Gasteiger partial charge in [-0.15, -0.1) is 0 Å². The Kier molecular flexibility index (Phi) is 3.01. The molecule has 5 heteroatoms. The van der Waals surface area contributed by atoms with E-state index >= 15 is 0 Å². The van der Waals surface area contributed by atoms with E-state index in [9.17, 15) is 13.2 Å². The summed E-state index contributed by atoms with van der Waals surface area (Å²) in [6, 6.07) is 0. The summed E-state index contributed by atoms with van der Waals surface area (Å²) in [6.45, 7) is 3.90. The van der Waals surface area contributed by atoms with Crippen molar-refractivity contribution in [3.63, 3.8) is 0 Å². The standard InChI is InChI=1S/C8H11NO3S/c1-7(4-9-6-10)8-2-3-13(11,12)5-8/h8H,1-5H2. The highest BCUT2D eigenvalue weighted by molar-refractivity contribution is 7.91. The van der Waals surface area contributed by atoms with Crippen LogP contribution in [0.2, 0.25) is 0 Å². The van der Waals surface area contributed by atoms with E-state index in [1.165, 1.54) is 6.08 Å². The number of carbonyl (C=O) groups excluding carboxylic acids is 1. The van der Waals surface area contributed by atoms with Gasteiger partial charge in [0.15, 0.2) is 9.84 Å². The Morgan fingerprint density at radius 1 is 1.62 bits per heavy atom. The van der Waals surface area contributed by atoms with Gasteiger partial charge in [-0.05, 0) is 12.3 Å². The molecule has 0 radical (unpaired) electrons. The topological polar surface area (TPSA) is 63.6 Å². The molecule has 1 aliphatic rings. The van der Waals surface area contributed by atoms with Crippen LogP contribution in [0.3, 0.4) is 0 Å². The monoisotopic (exact) mass is 201 g/mol. The fourth-order valence-electron chi connectivity index (χ4n) is 1.38. The minimum atomic E-state index is -2.87. The van der Waals surface area contributed by atoms with Crippen molar-refractivity contribution in [1.82, 2.24) is 0 Å². The maximum absolute atomic E-state index is 11.1. The van der Waals surface area contributed by atoms with Gasteiger partial charge in [-0.1, -0.05) is 12.2 Å². The van der Waals surface area contributed by atoms with E-state index in [1.54, 1.807) is 0 Å². The lowest BCUT2D eigenvalue weighted by Crippen LogP contribution is -2.08. The summed E-state index contributed by atoms with van der Waals surface area (Å²) in [5.41, 5.74) is 0.712. The van der Waals surface area contributed by atoms with E-state index in [4.69, 9.17) is 0 Å². The maximum Gasteiger partial charge on any atom is 0.235 e. The lowest BCUT2D eigenvalue weighted by atomic mass is 10.0. The Labute approximate surface area is 77.3 Å². The maximum atomic E-state index is 11.1. The molecule has 0 aliphatic carbocycles. The molecule has 0 saturated carbocycles. The van der Waals surface area contributed by atoms with Gasteiger partial charge in [-0.25, -0.2) is 18.2 Å². The van der Waals surface area contributed by atoms with Gasteiger partial charge < -0.3 is 0 Å². The Morgan fingerprint density at radius 3 is 2.77 bits per heavy atom. The van der Waals surface area contributed by atoms with Gasteiger partial charge in [0.05, 0.1) is 18.1 Å². The first-order valence-electron chi connectivity index (χ1n) is 3.97. The number of hydrogen-bond donors (Lipinski definition) is 0. The highest BCUT2D eigenvalue weighted by Crippen LogP contribution is 2.24. The second-order valence-corrected chi connectivity index (χ2v) is 5.39. The van der Waals surface area contributed by atoms with E-state index in [-0.39, 0.29) is 24.0 Å². The van der Waals surface area contributed by atoms with Gasteiger partial charge in [0.1, 0.15) is 0 Å². The number of sulfone groups is 1. The molecule has 0 aromatic rings. The highest BCUT2D eigenvalue weighted by atomic mass is 32.2. The van der Waals surface area contributed by atoms with Gasteiger partial charge in [0.2, 0.25) is 6.08 Å². The van der Waals surface area contributed by atoms with Crippen molar-refractivity contribution in [2.75, 3.05) is 18.1 Å². The first-order valence-corrected chi connectivity index (χ1v) is 5.79. The summed E-state index contributed by atoms with van der Waals surface area (Å²) in [5.74, 6) is 0.351. The van der Waals surface area contributed by atoms with Crippen molar-refractivity contribution < 1.29 is 13.2 Å². The number of isocyanates is 1. The molecule has 72 valence electrons. The Hall–Kier alpha value is -0.930. The molecule has 0 bridgehead atoms. The summed E-state index contributed by atoms with van der Waals surface area (Å²) in [6.07, 6.45) is 2.01. The summed E-state index contributed by atoms with van der Waals surface area (Å²) < 4.78 is 22.1. The molecule has 1 atom stereocenters. The van der Waals surface area contributed by atoms with Gasteiger partial charge in [-0.2, -0.15) is 0 Å². The second-order valence-electron chi connectivity index (χ2n) is 3.17. The molecule has 0 spiro atoms. The van der Waals surface area contributed by atoms with Crippen LogP contribution in [-0.4, -0.2) is 32.5 Å². The quantitative estimate of drug-likeness (QED) is 0.375. The third-order valence-electron chi connectivity index (χ3n) is 2.16. The van der Waals surface area contributed by atoms with Crippen LogP contribution in [-0.2, 0) is 14.6 Å². The van der Waals surface area contributed by atoms with Gasteiger partial charge in [0, 0.05) is 0 Å². The van der Waals surface area contributed by atoms with Crippen LogP contribution in [0, 0.1) is 5.92 Å². The first-order chi connectivity index (χ1) is 6.05. The molecule has 1 aliphatic heterocycles. The molecule has 0 N–H and O–H groups in total. The first kappa shape index (κ1) is 10.2. The van der Waals surface area contributed by atoms with Crippen molar-refractivity contribution >= 4 is 15.9 Å². The molecule has 1 saturated heterocycles. The highest BCUT2D eigenvalue weighted by Gasteiger charge is 2.29. The number of rotatable bonds is 3.